The number of hydrogen-bond donors (Lipinski definition) is 4. The lowest BCUT2D eigenvalue weighted by molar-refractivity contribution is 0.102. The number of hydrogen-bond acceptors (Lipinski definition) is 8. The molecule has 4 N–H and O–H groups in total. The molecular formula is C25H29FN8O. The van der Waals surface area contributed by atoms with Crippen molar-refractivity contribution in [3.05, 3.63) is 66.0 Å². The number of para-hydroxylation sites is 1. The highest BCUT2D eigenvalue weighted by molar-refractivity contribution is 6.08. The summed E-state index contributed by atoms with van der Waals surface area (Å²) in [6, 6.07) is 9.62. The van der Waals surface area contributed by atoms with E-state index in [4.69, 9.17) is 5.26 Å². The summed E-state index contributed by atoms with van der Waals surface area (Å²) >= 11 is 0. The van der Waals surface area contributed by atoms with Crippen LogP contribution in [0.1, 0.15) is 42.7 Å². The number of nitrogens with one attached hydrogen (secondary N) is 4. The van der Waals surface area contributed by atoms with E-state index in [1.807, 2.05) is 19.9 Å². The Balaban J connectivity index is 0.00000167. The molecule has 1 saturated heterocycles. The predicted molar refractivity (Wildman–Crippen MR) is 134 cm³/mol. The van der Waals surface area contributed by atoms with Crippen molar-refractivity contribution in [2.75, 3.05) is 35.6 Å². The van der Waals surface area contributed by atoms with Crippen molar-refractivity contribution in [2.24, 2.45) is 5.92 Å². The van der Waals surface area contributed by atoms with E-state index in [1.165, 1.54) is 30.7 Å². The van der Waals surface area contributed by atoms with Gasteiger partial charge in [-0.15, -0.1) is 0 Å². The maximum atomic E-state index is 14.0. The number of carbonyl (C=O) groups is 1. The number of aromatic nitrogens is 3. The Kier molecular flexibility index (Phi) is 9.45. The second-order valence-electron chi connectivity index (χ2n) is 7.65. The van der Waals surface area contributed by atoms with Crippen molar-refractivity contribution < 1.29 is 9.18 Å². The largest absolute Gasteiger partial charge is 0.384 e. The Morgan fingerprint density at radius 2 is 1.83 bits per heavy atom. The first-order chi connectivity index (χ1) is 17.1. The number of nitrogens with zero attached hydrogens (tertiary/aromatic N) is 4. The third-order valence-electron chi connectivity index (χ3n) is 5.33. The molecule has 1 aromatic carbocycles. The second-order valence-corrected chi connectivity index (χ2v) is 7.65. The van der Waals surface area contributed by atoms with Gasteiger partial charge in [-0.2, -0.15) is 5.26 Å². The van der Waals surface area contributed by atoms with E-state index in [-0.39, 0.29) is 11.4 Å². The first kappa shape index (κ1) is 25.5. The number of carbonyl (C=O) groups excluding carboxylic acids is 1. The standard InChI is InChI=1S/C23H23FN8O.C2H6/c24-18-3-1-2-4-19(18)31-23(33)17-13-30-21(32-22-14-27-16(10-25)12-29-22)9-20(17)28-11-15-5-7-26-8-6-15;1-2/h1-4,9,12-15,26H,5-8,11H2,(H,31,33)(H2,28,29,30,32);1-2H3. The van der Waals surface area contributed by atoms with Gasteiger partial charge in [-0.25, -0.2) is 19.3 Å². The minimum atomic E-state index is -0.513. The Morgan fingerprint density at radius 3 is 2.51 bits per heavy atom. The summed E-state index contributed by atoms with van der Waals surface area (Å²) in [6.07, 6.45) is 6.30. The summed E-state index contributed by atoms with van der Waals surface area (Å²) in [4.78, 5) is 25.4. The summed E-state index contributed by atoms with van der Waals surface area (Å²) in [5, 5.41) is 21.2. The summed E-state index contributed by atoms with van der Waals surface area (Å²) in [5.74, 6) is 0.354. The van der Waals surface area contributed by atoms with E-state index in [0.717, 1.165) is 25.9 Å². The highest BCUT2D eigenvalue weighted by atomic mass is 19.1. The Hall–Kier alpha value is -4.10. The first-order valence-corrected chi connectivity index (χ1v) is 11.6. The van der Waals surface area contributed by atoms with Crippen LogP contribution in [-0.2, 0) is 0 Å². The number of anilines is 4. The average molecular weight is 477 g/mol. The van der Waals surface area contributed by atoms with E-state index >= 15 is 0 Å². The van der Waals surface area contributed by atoms with E-state index < -0.39 is 11.7 Å². The lowest BCUT2D eigenvalue weighted by Crippen LogP contribution is -2.31. The van der Waals surface area contributed by atoms with Gasteiger partial charge < -0.3 is 21.3 Å². The SMILES string of the molecule is CC.N#Cc1cnc(Nc2cc(NCC3CCNCC3)c(C(=O)Nc3ccccc3F)cn2)cn1. The van der Waals surface area contributed by atoms with Gasteiger partial charge >= 0.3 is 0 Å². The Bertz CT molecular complexity index is 1160. The van der Waals surface area contributed by atoms with Gasteiger partial charge in [-0.05, 0) is 44.0 Å². The van der Waals surface area contributed by atoms with Crippen LogP contribution in [0.3, 0.4) is 0 Å². The molecule has 1 aliphatic rings. The van der Waals surface area contributed by atoms with Crippen molar-refractivity contribution in [1.82, 2.24) is 20.3 Å². The molecule has 10 heteroatoms. The molecule has 1 fully saturated rings. The summed E-state index contributed by atoms with van der Waals surface area (Å²) in [5.41, 5.74) is 1.17. The number of amides is 1. The lowest BCUT2D eigenvalue weighted by atomic mass is 9.98. The topological polar surface area (TPSA) is 128 Å². The predicted octanol–water partition coefficient (Wildman–Crippen LogP) is 4.32. The maximum Gasteiger partial charge on any atom is 0.259 e. The van der Waals surface area contributed by atoms with Crippen molar-refractivity contribution in [3.63, 3.8) is 0 Å². The van der Waals surface area contributed by atoms with Gasteiger partial charge in [0, 0.05) is 18.8 Å². The number of halogens is 1. The van der Waals surface area contributed by atoms with Crippen molar-refractivity contribution in [2.45, 2.75) is 26.7 Å². The molecule has 0 saturated carbocycles. The molecule has 1 amide bonds. The van der Waals surface area contributed by atoms with E-state index in [2.05, 4.69) is 36.2 Å². The van der Waals surface area contributed by atoms with Crippen LogP contribution in [0.2, 0.25) is 0 Å². The number of pyridine rings is 1. The zero-order valence-electron chi connectivity index (χ0n) is 19.8. The van der Waals surface area contributed by atoms with Crippen LogP contribution in [0.15, 0.2) is 48.9 Å². The van der Waals surface area contributed by atoms with Crippen molar-refractivity contribution in [1.29, 1.82) is 5.26 Å². The van der Waals surface area contributed by atoms with Gasteiger partial charge in [-0.1, -0.05) is 26.0 Å². The number of piperidine rings is 1. The highest BCUT2D eigenvalue weighted by Crippen LogP contribution is 2.24. The summed E-state index contributed by atoms with van der Waals surface area (Å²) < 4.78 is 14.0. The third kappa shape index (κ3) is 7.19. The molecule has 9 nitrogen and oxygen atoms in total. The van der Waals surface area contributed by atoms with Gasteiger partial charge in [0.2, 0.25) is 0 Å². The summed E-state index contributed by atoms with van der Waals surface area (Å²) in [7, 11) is 0. The zero-order valence-corrected chi connectivity index (χ0v) is 19.8. The van der Waals surface area contributed by atoms with Crippen LogP contribution in [-0.4, -0.2) is 40.5 Å². The number of nitriles is 1. The van der Waals surface area contributed by atoms with E-state index in [1.54, 1.807) is 18.2 Å². The minimum absolute atomic E-state index is 0.0989. The molecule has 0 radical (unpaired) electrons. The fraction of sp³-hybridized carbons (Fsp3) is 0.320. The van der Waals surface area contributed by atoms with Crippen molar-refractivity contribution in [3.8, 4) is 6.07 Å². The van der Waals surface area contributed by atoms with Gasteiger partial charge in [0.1, 0.15) is 23.5 Å². The van der Waals surface area contributed by atoms with Gasteiger partial charge in [0.05, 0.1) is 29.3 Å². The molecule has 0 atom stereocenters. The molecule has 3 aromatic rings. The number of rotatable bonds is 7. The van der Waals surface area contributed by atoms with Crippen LogP contribution < -0.4 is 21.3 Å². The van der Waals surface area contributed by atoms with Crippen LogP contribution in [0.4, 0.5) is 27.4 Å². The molecule has 1 aliphatic heterocycles. The molecule has 35 heavy (non-hydrogen) atoms. The smallest absolute Gasteiger partial charge is 0.259 e. The molecule has 4 rings (SSSR count). The fourth-order valence-corrected chi connectivity index (χ4v) is 3.52. The summed E-state index contributed by atoms with van der Waals surface area (Å²) in [6.45, 7) is 6.63. The number of benzene rings is 1. The van der Waals surface area contributed by atoms with Gasteiger partial charge in [-0.3, -0.25) is 4.79 Å². The monoisotopic (exact) mass is 476 g/mol. The van der Waals surface area contributed by atoms with Crippen LogP contribution in [0.25, 0.3) is 0 Å². The second kappa shape index (κ2) is 13.0. The normalized spacial score (nSPS) is 13.1. The third-order valence-corrected chi connectivity index (χ3v) is 5.33. The van der Waals surface area contributed by atoms with Crippen molar-refractivity contribution >= 4 is 28.9 Å². The molecule has 3 heterocycles. The molecular weight excluding hydrogens is 447 g/mol. The van der Waals surface area contributed by atoms with E-state index in [9.17, 15) is 9.18 Å². The van der Waals surface area contributed by atoms with Crippen LogP contribution in [0.5, 0.6) is 0 Å². The molecule has 0 bridgehead atoms. The van der Waals surface area contributed by atoms with Gasteiger partial charge in [0.15, 0.2) is 5.69 Å². The Labute approximate surface area is 204 Å². The minimum Gasteiger partial charge on any atom is -0.384 e. The van der Waals surface area contributed by atoms with Crippen LogP contribution in [0, 0.1) is 23.1 Å². The molecule has 0 unspecified atom stereocenters. The molecule has 2 aromatic heterocycles. The average Bonchev–Trinajstić information content (AvgIpc) is 2.91. The van der Waals surface area contributed by atoms with Crippen LogP contribution >= 0.6 is 0 Å². The first-order valence-electron chi connectivity index (χ1n) is 11.6. The molecule has 182 valence electrons. The zero-order chi connectivity index (χ0) is 25.0. The fourth-order valence-electron chi connectivity index (χ4n) is 3.52. The van der Waals surface area contributed by atoms with E-state index in [0.29, 0.717) is 35.3 Å². The maximum absolute atomic E-state index is 14.0. The highest BCUT2D eigenvalue weighted by Gasteiger charge is 2.18. The lowest BCUT2D eigenvalue weighted by Gasteiger charge is -2.24. The Morgan fingerprint density at radius 1 is 1.09 bits per heavy atom. The molecule has 0 spiro atoms. The quantitative estimate of drug-likeness (QED) is 0.397. The molecule has 0 aliphatic carbocycles. The van der Waals surface area contributed by atoms with Gasteiger partial charge in [0.25, 0.3) is 5.91 Å².